The molecule has 0 aliphatic carbocycles. The number of rotatable bonds is 2. The number of piperazine rings is 1. The van der Waals surface area contributed by atoms with E-state index in [1.54, 1.807) is 17.7 Å². The Balaban J connectivity index is 1.48. The van der Waals surface area contributed by atoms with E-state index in [1.165, 1.54) is 11.3 Å². The fraction of sp³-hybridized carbons (Fsp3) is 0.471. The van der Waals surface area contributed by atoms with Gasteiger partial charge in [-0.15, -0.1) is 0 Å². The quantitative estimate of drug-likeness (QED) is 0.827. The van der Waals surface area contributed by atoms with Crippen molar-refractivity contribution in [2.24, 2.45) is 0 Å². The molecular formula is C17H21N5OS. The van der Waals surface area contributed by atoms with Gasteiger partial charge in [0.15, 0.2) is 0 Å². The molecule has 0 radical (unpaired) electrons. The lowest BCUT2D eigenvalue weighted by Crippen LogP contribution is -2.49. The normalized spacial score (nSPS) is 18.5. The van der Waals surface area contributed by atoms with Gasteiger partial charge in [0.2, 0.25) is 0 Å². The van der Waals surface area contributed by atoms with Gasteiger partial charge in [-0.3, -0.25) is 4.79 Å². The van der Waals surface area contributed by atoms with E-state index >= 15 is 0 Å². The summed E-state index contributed by atoms with van der Waals surface area (Å²) >= 11 is 1.57. The van der Waals surface area contributed by atoms with Gasteiger partial charge in [-0.05, 0) is 18.5 Å². The zero-order chi connectivity index (χ0) is 16.5. The molecule has 0 bridgehead atoms. The molecule has 0 aromatic carbocycles. The third-order valence-electron chi connectivity index (χ3n) is 4.80. The predicted molar refractivity (Wildman–Crippen MR) is 94.5 cm³/mol. The van der Waals surface area contributed by atoms with Crippen LogP contribution in [0.15, 0.2) is 23.2 Å². The van der Waals surface area contributed by atoms with Crippen LogP contribution in [-0.2, 0) is 13.0 Å². The molecule has 1 amide bonds. The number of nitrogens with zero attached hydrogens (tertiary/aromatic N) is 5. The maximum Gasteiger partial charge on any atom is 0.254 e. The molecule has 4 rings (SSSR count). The lowest BCUT2D eigenvalue weighted by Gasteiger charge is -2.37. The lowest BCUT2D eigenvalue weighted by atomic mass is 10.1. The third-order valence-corrected chi connectivity index (χ3v) is 5.49. The molecule has 1 fully saturated rings. The van der Waals surface area contributed by atoms with E-state index in [0.29, 0.717) is 0 Å². The zero-order valence-electron chi connectivity index (χ0n) is 13.8. The second-order valence-electron chi connectivity index (χ2n) is 6.40. The number of likely N-dealkylation sites (N-methyl/N-ethyl adjacent to an activating group) is 1. The summed E-state index contributed by atoms with van der Waals surface area (Å²) < 4.78 is 0. The molecule has 7 heteroatoms. The molecular weight excluding hydrogens is 322 g/mol. The Kier molecular flexibility index (Phi) is 4.20. The van der Waals surface area contributed by atoms with Crippen molar-refractivity contribution in [3.05, 3.63) is 40.0 Å². The summed E-state index contributed by atoms with van der Waals surface area (Å²) in [7, 11) is 2.14. The SMILES string of the molecule is CN1CCc2ncnc(N3CCN(C(=O)c4ccsc4)CC3)c2C1. The number of amides is 1. The second kappa shape index (κ2) is 6.49. The van der Waals surface area contributed by atoms with Gasteiger partial charge in [0, 0.05) is 56.6 Å². The van der Waals surface area contributed by atoms with Gasteiger partial charge in [-0.1, -0.05) is 0 Å². The predicted octanol–water partition coefficient (Wildman–Crippen LogP) is 1.49. The molecule has 6 nitrogen and oxygen atoms in total. The highest BCUT2D eigenvalue weighted by atomic mass is 32.1. The summed E-state index contributed by atoms with van der Waals surface area (Å²) in [5, 5.41) is 3.87. The van der Waals surface area contributed by atoms with Crippen LogP contribution in [0.1, 0.15) is 21.6 Å². The Labute approximate surface area is 145 Å². The highest BCUT2D eigenvalue weighted by molar-refractivity contribution is 7.08. The molecule has 0 unspecified atom stereocenters. The van der Waals surface area contributed by atoms with Gasteiger partial charge in [0.05, 0.1) is 11.3 Å². The fourth-order valence-corrected chi connectivity index (χ4v) is 4.05. The summed E-state index contributed by atoms with van der Waals surface area (Å²) in [4.78, 5) is 28.0. The van der Waals surface area contributed by atoms with Gasteiger partial charge < -0.3 is 14.7 Å². The Morgan fingerprint density at radius 3 is 2.75 bits per heavy atom. The zero-order valence-corrected chi connectivity index (χ0v) is 14.6. The van der Waals surface area contributed by atoms with E-state index in [4.69, 9.17) is 0 Å². The van der Waals surface area contributed by atoms with Crippen LogP contribution >= 0.6 is 11.3 Å². The van der Waals surface area contributed by atoms with Gasteiger partial charge in [0.1, 0.15) is 12.1 Å². The van der Waals surface area contributed by atoms with Crippen molar-refractivity contribution in [3.8, 4) is 0 Å². The number of carbonyl (C=O) groups excluding carboxylic acids is 1. The highest BCUT2D eigenvalue weighted by Crippen LogP contribution is 2.26. The van der Waals surface area contributed by atoms with Crippen LogP contribution in [0.5, 0.6) is 0 Å². The molecule has 0 atom stereocenters. The minimum Gasteiger partial charge on any atom is -0.353 e. The molecule has 0 saturated carbocycles. The summed E-state index contributed by atoms with van der Waals surface area (Å²) in [6.07, 6.45) is 2.67. The maximum absolute atomic E-state index is 12.5. The van der Waals surface area contributed by atoms with Gasteiger partial charge in [-0.2, -0.15) is 11.3 Å². The molecule has 4 heterocycles. The van der Waals surface area contributed by atoms with Crippen molar-refractivity contribution >= 4 is 23.1 Å². The van der Waals surface area contributed by atoms with E-state index in [9.17, 15) is 4.79 Å². The van der Waals surface area contributed by atoms with Crippen LogP contribution in [-0.4, -0.2) is 65.4 Å². The minimum atomic E-state index is 0.139. The van der Waals surface area contributed by atoms with Crippen LogP contribution in [0.2, 0.25) is 0 Å². The van der Waals surface area contributed by atoms with Crippen molar-refractivity contribution in [1.29, 1.82) is 0 Å². The van der Waals surface area contributed by atoms with E-state index < -0.39 is 0 Å². The Morgan fingerprint density at radius 2 is 2.00 bits per heavy atom. The van der Waals surface area contributed by atoms with E-state index in [-0.39, 0.29) is 5.91 Å². The monoisotopic (exact) mass is 343 g/mol. The minimum absolute atomic E-state index is 0.139. The lowest BCUT2D eigenvalue weighted by molar-refractivity contribution is 0.0747. The number of hydrogen-bond acceptors (Lipinski definition) is 6. The number of thiophene rings is 1. The van der Waals surface area contributed by atoms with E-state index in [0.717, 1.165) is 57.1 Å². The van der Waals surface area contributed by atoms with Gasteiger partial charge in [-0.25, -0.2) is 9.97 Å². The molecule has 2 aromatic heterocycles. The highest BCUT2D eigenvalue weighted by Gasteiger charge is 2.27. The second-order valence-corrected chi connectivity index (χ2v) is 7.18. The van der Waals surface area contributed by atoms with Crippen molar-refractivity contribution in [3.63, 3.8) is 0 Å². The summed E-state index contributed by atoms with van der Waals surface area (Å²) in [5.74, 6) is 1.19. The van der Waals surface area contributed by atoms with Crippen LogP contribution < -0.4 is 4.90 Å². The number of aromatic nitrogens is 2. The van der Waals surface area contributed by atoms with Crippen LogP contribution in [0.3, 0.4) is 0 Å². The van der Waals surface area contributed by atoms with Crippen molar-refractivity contribution in [2.45, 2.75) is 13.0 Å². The molecule has 2 aliphatic rings. The number of fused-ring (bicyclic) bond motifs is 1. The number of carbonyl (C=O) groups is 1. The number of hydrogen-bond donors (Lipinski definition) is 0. The fourth-order valence-electron chi connectivity index (χ4n) is 3.42. The van der Waals surface area contributed by atoms with Crippen LogP contribution in [0, 0.1) is 0 Å². The number of anilines is 1. The molecule has 0 N–H and O–H groups in total. The first-order chi connectivity index (χ1) is 11.7. The molecule has 2 aliphatic heterocycles. The standard InChI is InChI=1S/C17H21N5OS/c1-20-4-2-15-14(10-20)16(19-12-18-15)21-5-7-22(8-6-21)17(23)13-3-9-24-11-13/h3,9,11-12H,2,4-8,10H2,1H3. The Morgan fingerprint density at radius 1 is 1.17 bits per heavy atom. The first-order valence-corrected chi connectivity index (χ1v) is 9.24. The Bertz CT molecular complexity index is 725. The largest absolute Gasteiger partial charge is 0.353 e. The average molecular weight is 343 g/mol. The van der Waals surface area contributed by atoms with Crippen molar-refractivity contribution in [2.75, 3.05) is 44.7 Å². The third kappa shape index (κ3) is 2.89. The molecule has 126 valence electrons. The van der Waals surface area contributed by atoms with E-state index in [2.05, 4.69) is 26.8 Å². The summed E-state index contributed by atoms with van der Waals surface area (Å²) in [5.41, 5.74) is 3.23. The first kappa shape index (κ1) is 15.5. The summed E-state index contributed by atoms with van der Waals surface area (Å²) in [6.45, 7) is 5.07. The summed E-state index contributed by atoms with van der Waals surface area (Å²) in [6, 6.07) is 1.90. The molecule has 1 saturated heterocycles. The van der Waals surface area contributed by atoms with E-state index in [1.807, 2.05) is 21.7 Å². The molecule has 0 spiro atoms. The average Bonchev–Trinajstić information content (AvgIpc) is 3.15. The van der Waals surface area contributed by atoms with Crippen molar-refractivity contribution < 1.29 is 4.79 Å². The Hall–Kier alpha value is -1.99. The first-order valence-electron chi connectivity index (χ1n) is 8.30. The van der Waals surface area contributed by atoms with Crippen LogP contribution in [0.4, 0.5) is 5.82 Å². The topological polar surface area (TPSA) is 52.6 Å². The van der Waals surface area contributed by atoms with Crippen LogP contribution in [0.25, 0.3) is 0 Å². The van der Waals surface area contributed by atoms with Crippen molar-refractivity contribution in [1.82, 2.24) is 19.8 Å². The molecule has 24 heavy (non-hydrogen) atoms. The molecule has 2 aromatic rings. The smallest absolute Gasteiger partial charge is 0.254 e. The maximum atomic E-state index is 12.5. The van der Waals surface area contributed by atoms with Gasteiger partial charge >= 0.3 is 0 Å². The van der Waals surface area contributed by atoms with Gasteiger partial charge in [0.25, 0.3) is 5.91 Å².